The van der Waals surface area contributed by atoms with Crippen LogP contribution in [0.25, 0.3) is 0 Å². The molecule has 26 heavy (non-hydrogen) atoms. The summed E-state index contributed by atoms with van der Waals surface area (Å²) in [7, 11) is 0. The summed E-state index contributed by atoms with van der Waals surface area (Å²) < 4.78 is 43.8. The minimum absolute atomic E-state index is 0.176. The van der Waals surface area contributed by atoms with Gasteiger partial charge in [-0.25, -0.2) is 0 Å². The zero-order valence-electron chi connectivity index (χ0n) is 13.9. The number of alkyl halides is 3. The number of rotatable bonds is 5. The Balaban J connectivity index is 1.55. The van der Waals surface area contributed by atoms with E-state index in [-0.39, 0.29) is 6.42 Å². The Morgan fingerprint density at radius 1 is 1.19 bits per heavy atom. The van der Waals surface area contributed by atoms with E-state index in [0.717, 1.165) is 5.56 Å². The summed E-state index contributed by atoms with van der Waals surface area (Å²) in [6.07, 6.45) is -4.52. The lowest BCUT2D eigenvalue weighted by Crippen LogP contribution is -2.27. The van der Waals surface area contributed by atoms with E-state index >= 15 is 0 Å². The van der Waals surface area contributed by atoms with Crippen LogP contribution in [0.2, 0.25) is 5.02 Å². The molecule has 0 bridgehead atoms. The molecule has 7 heteroatoms. The van der Waals surface area contributed by atoms with Crippen LogP contribution in [0.4, 0.5) is 18.9 Å². The van der Waals surface area contributed by atoms with Crippen LogP contribution in [-0.4, -0.2) is 12.1 Å². The highest BCUT2D eigenvalue weighted by Crippen LogP contribution is 2.60. The molecule has 1 N–H and O–H groups in total. The quantitative estimate of drug-likeness (QED) is 0.746. The van der Waals surface area contributed by atoms with E-state index in [1.807, 2.05) is 12.1 Å². The van der Waals surface area contributed by atoms with Crippen LogP contribution in [0, 0.1) is 11.3 Å². The van der Waals surface area contributed by atoms with Crippen molar-refractivity contribution in [2.45, 2.75) is 26.1 Å². The number of amides is 1. The Hall–Kier alpha value is -2.21. The predicted molar refractivity (Wildman–Crippen MR) is 93.1 cm³/mol. The summed E-state index contributed by atoms with van der Waals surface area (Å²) in [5.74, 6) is -1.60. The van der Waals surface area contributed by atoms with Gasteiger partial charge in [-0.15, -0.1) is 0 Å². The molecule has 0 aromatic heterocycles. The third-order valence-corrected chi connectivity index (χ3v) is 4.83. The first kappa shape index (κ1) is 18.6. The number of carbonyl (C=O) groups is 1. The highest BCUT2D eigenvalue weighted by atomic mass is 35.5. The molecule has 2 aromatic rings. The fourth-order valence-corrected chi connectivity index (χ4v) is 2.87. The number of ether oxygens (including phenoxy) is 1. The third-order valence-electron chi connectivity index (χ3n) is 4.58. The summed E-state index contributed by atoms with van der Waals surface area (Å²) in [5, 5.41) is 3.19. The van der Waals surface area contributed by atoms with E-state index in [9.17, 15) is 18.0 Å². The molecule has 2 unspecified atom stereocenters. The van der Waals surface area contributed by atoms with Crippen LogP contribution in [0.1, 0.15) is 18.9 Å². The molecule has 0 radical (unpaired) electrons. The van der Waals surface area contributed by atoms with Gasteiger partial charge in [-0.3, -0.25) is 4.79 Å². The maximum atomic E-state index is 12.7. The number of hydrogen-bond donors (Lipinski definition) is 1. The molecular formula is C19H17ClF3NO2. The summed E-state index contributed by atoms with van der Waals surface area (Å²) in [5.41, 5.74) is -0.00308. The maximum absolute atomic E-state index is 12.7. The van der Waals surface area contributed by atoms with Gasteiger partial charge in [0.15, 0.2) is 0 Å². The van der Waals surface area contributed by atoms with Gasteiger partial charge in [0.25, 0.3) is 0 Å². The fourth-order valence-electron chi connectivity index (χ4n) is 2.75. The molecule has 2 atom stereocenters. The number of hydrogen-bond acceptors (Lipinski definition) is 2. The molecule has 138 valence electrons. The maximum Gasteiger partial charge on any atom is 0.392 e. The van der Waals surface area contributed by atoms with Crippen molar-refractivity contribution in [1.29, 1.82) is 0 Å². The van der Waals surface area contributed by atoms with Gasteiger partial charge >= 0.3 is 6.18 Å². The van der Waals surface area contributed by atoms with E-state index in [0.29, 0.717) is 23.1 Å². The van der Waals surface area contributed by atoms with Crippen molar-refractivity contribution < 1.29 is 22.7 Å². The minimum atomic E-state index is -4.34. The van der Waals surface area contributed by atoms with Gasteiger partial charge in [-0.05, 0) is 48.4 Å². The number of benzene rings is 2. The zero-order chi connectivity index (χ0) is 18.9. The van der Waals surface area contributed by atoms with Gasteiger partial charge in [-0.2, -0.15) is 13.2 Å². The van der Waals surface area contributed by atoms with Crippen LogP contribution in [-0.2, 0) is 11.4 Å². The van der Waals surface area contributed by atoms with Crippen molar-refractivity contribution in [3.05, 3.63) is 59.1 Å². The predicted octanol–water partition coefficient (Wildman–Crippen LogP) is 5.45. The molecule has 0 spiro atoms. The average molecular weight is 384 g/mol. The Kier molecular flexibility index (Phi) is 4.88. The normalized spacial score (nSPS) is 22.0. The second-order valence-corrected chi connectivity index (χ2v) is 7.05. The first-order chi connectivity index (χ1) is 12.2. The Labute approximate surface area is 154 Å². The van der Waals surface area contributed by atoms with Gasteiger partial charge in [0, 0.05) is 10.7 Å². The zero-order valence-corrected chi connectivity index (χ0v) is 14.7. The third kappa shape index (κ3) is 4.12. The van der Waals surface area contributed by atoms with Gasteiger partial charge in [-0.1, -0.05) is 30.7 Å². The van der Waals surface area contributed by atoms with Gasteiger partial charge < -0.3 is 10.1 Å². The molecule has 0 aliphatic heterocycles. The monoisotopic (exact) mass is 383 g/mol. The highest BCUT2D eigenvalue weighted by molar-refractivity contribution is 6.30. The SMILES string of the molecule is CC1(C(=O)Nc2ccc(OCc3ccc(Cl)cc3)cc2)CC1C(F)(F)F. The smallest absolute Gasteiger partial charge is 0.392 e. The van der Waals surface area contributed by atoms with E-state index in [4.69, 9.17) is 16.3 Å². The van der Waals surface area contributed by atoms with Crippen molar-refractivity contribution in [1.82, 2.24) is 0 Å². The Morgan fingerprint density at radius 3 is 2.35 bits per heavy atom. The summed E-state index contributed by atoms with van der Waals surface area (Å²) in [6, 6.07) is 13.8. The summed E-state index contributed by atoms with van der Waals surface area (Å²) >= 11 is 5.82. The molecule has 3 nitrogen and oxygen atoms in total. The van der Waals surface area contributed by atoms with Crippen molar-refractivity contribution in [3.8, 4) is 5.75 Å². The van der Waals surface area contributed by atoms with E-state index in [2.05, 4.69) is 5.32 Å². The second kappa shape index (κ2) is 6.83. The van der Waals surface area contributed by atoms with Crippen molar-refractivity contribution in [3.63, 3.8) is 0 Å². The van der Waals surface area contributed by atoms with Gasteiger partial charge in [0.1, 0.15) is 12.4 Å². The molecule has 1 saturated carbocycles. The topological polar surface area (TPSA) is 38.3 Å². The van der Waals surface area contributed by atoms with Crippen LogP contribution in [0.3, 0.4) is 0 Å². The molecule has 0 heterocycles. The Morgan fingerprint density at radius 2 is 1.81 bits per heavy atom. The first-order valence-corrected chi connectivity index (χ1v) is 8.42. The largest absolute Gasteiger partial charge is 0.489 e. The van der Waals surface area contributed by atoms with E-state index in [1.165, 1.54) is 6.92 Å². The van der Waals surface area contributed by atoms with Crippen molar-refractivity contribution in [2.24, 2.45) is 11.3 Å². The number of carbonyl (C=O) groups excluding carboxylic acids is 1. The van der Waals surface area contributed by atoms with Crippen molar-refractivity contribution in [2.75, 3.05) is 5.32 Å². The molecular weight excluding hydrogens is 367 g/mol. The van der Waals surface area contributed by atoms with Crippen LogP contribution < -0.4 is 10.1 Å². The standard InChI is InChI=1S/C19H17ClF3NO2/c1-18(10-16(18)19(21,22)23)17(25)24-14-6-8-15(9-7-14)26-11-12-2-4-13(20)5-3-12/h2-9,16H,10-11H2,1H3,(H,24,25). The van der Waals surface area contributed by atoms with Crippen LogP contribution in [0.15, 0.2) is 48.5 Å². The molecule has 2 aromatic carbocycles. The fraction of sp³-hybridized carbons (Fsp3) is 0.316. The lowest BCUT2D eigenvalue weighted by atomic mass is 10.1. The number of halogens is 4. The number of anilines is 1. The van der Waals surface area contributed by atoms with Gasteiger partial charge in [0.05, 0.1) is 11.3 Å². The van der Waals surface area contributed by atoms with Crippen LogP contribution in [0.5, 0.6) is 5.75 Å². The van der Waals surface area contributed by atoms with E-state index in [1.54, 1.807) is 36.4 Å². The van der Waals surface area contributed by atoms with Gasteiger partial charge in [0.2, 0.25) is 5.91 Å². The molecule has 1 amide bonds. The van der Waals surface area contributed by atoms with Crippen molar-refractivity contribution >= 4 is 23.2 Å². The molecule has 0 saturated heterocycles. The second-order valence-electron chi connectivity index (χ2n) is 6.61. The summed E-state index contributed by atoms with van der Waals surface area (Å²) in [6.45, 7) is 1.69. The van der Waals surface area contributed by atoms with E-state index < -0.39 is 23.4 Å². The summed E-state index contributed by atoms with van der Waals surface area (Å²) in [4.78, 5) is 12.1. The molecule has 1 fully saturated rings. The lowest BCUT2D eigenvalue weighted by molar-refractivity contribution is -0.159. The molecule has 1 aliphatic rings. The number of nitrogens with one attached hydrogen (secondary N) is 1. The molecule has 1 aliphatic carbocycles. The minimum Gasteiger partial charge on any atom is -0.489 e. The lowest BCUT2D eigenvalue weighted by Gasteiger charge is -2.14. The molecule has 3 rings (SSSR count). The average Bonchev–Trinajstić information content (AvgIpc) is 3.30. The van der Waals surface area contributed by atoms with Crippen LogP contribution >= 0.6 is 11.6 Å². The highest BCUT2D eigenvalue weighted by Gasteiger charge is 2.67. The first-order valence-electron chi connectivity index (χ1n) is 8.04. The Bertz CT molecular complexity index is 790.